The van der Waals surface area contributed by atoms with Crippen molar-refractivity contribution in [1.29, 1.82) is 0 Å². The minimum Gasteiger partial charge on any atom is -0.497 e. The van der Waals surface area contributed by atoms with Crippen molar-refractivity contribution in [3.05, 3.63) is 58.8 Å². The topological polar surface area (TPSA) is 102 Å². The van der Waals surface area contributed by atoms with Crippen molar-refractivity contribution < 1.29 is 17.9 Å². The lowest BCUT2D eigenvalue weighted by atomic mass is 10.2. The minimum absolute atomic E-state index is 0.0350. The van der Waals surface area contributed by atoms with E-state index in [0.29, 0.717) is 21.5 Å². The molecule has 142 valence electrons. The molecule has 0 unspecified atom stereocenters. The standard InChI is InChI=1S/C17H17BrN4O4S/c1-26-14-2-3-16(18)15(11-14)17(23)19-7-9-27(24,25)21-12-5-8-22-13(10-12)4-6-20-22/h2-6,8,10-11,21H,7,9H2,1H3,(H,19,23). The maximum atomic E-state index is 12.3. The van der Waals surface area contributed by atoms with Gasteiger partial charge in [-0.2, -0.15) is 5.10 Å². The predicted molar refractivity (Wildman–Crippen MR) is 106 cm³/mol. The van der Waals surface area contributed by atoms with Crippen molar-refractivity contribution in [3.8, 4) is 5.75 Å². The third kappa shape index (κ3) is 4.77. The first-order valence-corrected chi connectivity index (χ1v) is 10.4. The van der Waals surface area contributed by atoms with Crippen LogP contribution in [-0.4, -0.2) is 43.3 Å². The van der Waals surface area contributed by atoms with Gasteiger partial charge in [0.15, 0.2) is 0 Å². The molecule has 3 aromatic rings. The van der Waals surface area contributed by atoms with Crippen LogP contribution >= 0.6 is 15.9 Å². The molecule has 27 heavy (non-hydrogen) atoms. The Labute approximate surface area is 164 Å². The zero-order valence-corrected chi connectivity index (χ0v) is 16.7. The molecule has 3 rings (SSSR count). The van der Waals surface area contributed by atoms with Gasteiger partial charge in [-0.1, -0.05) is 0 Å². The van der Waals surface area contributed by atoms with Gasteiger partial charge in [-0.15, -0.1) is 0 Å². The summed E-state index contributed by atoms with van der Waals surface area (Å²) in [4.78, 5) is 12.3. The Morgan fingerprint density at radius 2 is 2.07 bits per heavy atom. The number of carbonyl (C=O) groups is 1. The second kappa shape index (κ2) is 7.97. The van der Waals surface area contributed by atoms with Crippen LogP contribution in [0.4, 0.5) is 5.69 Å². The summed E-state index contributed by atoms with van der Waals surface area (Å²) >= 11 is 3.30. The van der Waals surface area contributed by atoms with Gasteiger partial charge >= 0.3 is 0 Å². The summed E-state index contributed by atoms with van der Waals surface area (Å²) in [5.41, 5.74) is 1.57. The number of rotatable bonds is 7. The summed E-state index contributed by atoms with van der Waals surface area (Å²) in [5.74, 6) is -0.116. The molecule has 2 N–H and O–H groups in total. The number of anilines is 1. The molecular weight excluding hydrogens is 436 g/mol. The second-order valence-corrected chi connectivity index (χ2v) is 8.33. The van der Waals surface area contributed by atoms with Crippen molar-refractivity contribution in [3.63, 3.8) is 0 Å². The molecule has 1 aromatic carbocycles. The molecule has 2 aromatic heterocycles. The summed E-state index contributed by atoms with van der Waals surface area (Å²) in [5, 5.41) is 6.65. The molecule has 0 atom stereocenters. The lowest BCUT2D eigenvalue weighted by Crippen LogP contribution is -2.31. The number of aromatic nitrogens is 2. The van der Waals surface area contributed by atoms with E-state index in [1.165, 1.54) is 7.11 Å². The van der Waals surface area contributed by atoms with E-state index in [2.05, 4.69) is 31.1 Å². The monoisotopic (exact) mass is 452 g/mol. The number of hydrogen-bond acceptors (Lipinski definition) is 5. The average molecular weight is 453 g/mol. The number of nitrogens with one attached hydrogen (secondary N) is 2. The average Bonchev–Trinajstić information content (AvgIpc) is 3.09. The summed E-state index contributed by atoms with van der Waals surface area (Å²) in [7, 11) is -2.11. The maximum Gasteiger partial charge on any atom is 0.252 e. The van der Waals surface area contributed by atoms with Gasteiger partial charge in [-0.25, -0.2) is 12.9 Å². The lowest BCUT2D eigenvalue weighted by Gasteiger charge is -2.10. The lowest BCUT2D eigenvalue weighted by molar-refractivity contribution is 0.0955. The van der Waals surface area contributed by atoms with E-state index in [0.717, 1.165) is 5.52 Å². The fourth-order valence-electron chi connectivity index (χ4n) is 2.42. The van der Waals surface area contributed by atoms with Crippen LogP contribution in [0, 0.1) is 0 Å². The fourth-order valence-corrected chi connectivity index (χ4v) is 3.80. The highest BCUT2D eigenvalue weighted by Crippen LogP contribution is 2.22. The highest BCUT2D eigenvalue weighted by atomic mass is 79.9. The van der Waals surface area contributed by atoms with E-state index < -0.39 is 15.9 Å². The molecule has 0 bridgehead atoms. The van der Waals surface area contributed by atoms with Gasteiger partial charge in [0.25, 0.3) is 5.91 Å². The van der Waals surface area contributed by atoms with Crippen LogP contribution < -0.4 is 14.8 Å². The molecule has 1 amide bonds. The third-order valence-corrected chi connectivity index (χ3v) is 5.73. The first kappa shape index (κ1) is 19.2. The van der Waals surface area contributed by atoms with Crippen LogP contribution in [-0.2, 0) is 10.0 Å². The molecule has 10 heteroatoms. The number of sulfonamides is 1. The Kier molecular flexibility index (Phi) is 5.66. The van der Waals surface area contributed by atoms with Crippen LogP contribution in [0.5, 0.6) is 5.75 Å². The summed E-state index contributed by atoms with van der Waals surface area (Å²) < 4.78 is 34.3. The van der Waals surface area contributed by atoms with E-state index in [-0.39, 0.29) is 12.3 Å². The first-order valence-electron chi connectivity index (χ1n) is 7.93. The molecular formula is C17H17BrN4O4S. The summed E-state index contributed by atoms with van der Waals surface area (Å²) in [6.07, 6.45) is 3.29. The van der Waals surface area contributed by atoms with E-state index >= 15 is 0 Å². The van der Waals surface area contributed by atoms with Crippen LogP contribution in [0.15, 0.2) is 53.3 Å². The number of fused-ring (bicyclic) bond motifs is 1. The van der Waals surface area contributed by atoms with Crippen molar-refractivity contribution in [2.45, 2.75) is 0 Å². The van der Waals surface area contributed by atoms with E-state index in [1.54, 1.807) is 53.3 Å². The molecule has 0 aliphatic heterocycles. The number of methoxy groups -OCH3 is 1. The normalized spacial score (nSPS) is 11.3. The number of nitrogens with zero attached hydrogens (tertiary/aromatic N) is 2. The SMILES string of the molecule is COc1ccc(Br)c(C(=O)NCCS(=O)(=O)Nc2ccn3nccc3c2)c1. The van der Waals surface area contributed by atoms with E-state index in [4.69, 9.17) is 4.74 Å². The molecule has 8 nitrogen and oxygen atoms in total. The molecule has 0 spiro atoms. The van der Waals surface area contributed by atoms with Crippen LogP contribution in [0.2, 0.25) is 0 Å². The number of hydrogen-bond donors (Lipinski definition) is 2. The Morgan fingerprint density at radius 3 is 2.85 bits per heavy atom. The van der Waals surface area contributed by atoms with Crippen LogP contribution in [0.3, 0.4) is 0 Å². The Balaban J connectivity index is 1.59. The predicted octanol–water partition coefficient (Wildman–Crippen LogP) is 2.28. The highest BCUT2D eigenvalue weighted by Gasteiger charge is 2.14. The van der Waals surface area contributed by atoms with Crippen molar-refractivity contribution in [1.82, 2.24) is 14.9 Å². The number of carbonyl (C=O) groups excluding carboxylic acids is 1. The van der Waals surface area contributed by atoms with Gasteiger partial charge in [0, 0.05) is 23.4 Å². The van der Waals surface area contributed by atoms with Gasteiger partial charge in [-0.3, -0.25) is 9.52 Å². The largest absolute Gasteiger partial charge is 0.497 e. The summed E-state index contributed by atoms with van der Waals surface area (Å²) in [6, 6.07) is 10.0. The molecule has 0 radical (unpaired) electrons. The maximum absolute atomic E-state index is 12.3. The van der Waals surface area contributed by atoms with E-state index in [1.807, 2.05) is 0 Å². The van der Waals surface area contributed by atoms with Crippen molar-refractivity contribution in [2.24, 2.45) is 0 Å². The van der Waals surface area contributed by atoms with Crippen LogP contribution in [0.25, 0.3) is 5.52 Å². The molecule has 0 fully saturated rings. The zero-order chi connectivity index (χ0) is 19.4. The second-order valence-electron chi connectivity index (χ2n) is 5.64. The molecule has 0 saturated carbocycles. The van der Waals surface area contributed by atoms with Gasteiger partial charge in [0.1, 0.15) is 5.75 Å². The zero-order valence-electron chi connectivity index (χ0n) is 14.3. The quantitative estimate of drug-likeness (QED) is 0.572. The number of halogens is 1. The Hall–Kier alpha value is -2.59. The smallest absolute Gasteiger partial charge is 0.252 e. The third-order valence-electron chi connectivity index (χ3n) is 3.75. The molecule has 0 aliphatic carbocycles. The van der Waals surface area contributed by atoms with Gasteiger partial charge in [-0.05, 0) is 52.3 Å². The fraction of sp³-hybridized carbons (Fsp3) is 0.176. The molecule has 0 saturated heterocycles. The number of ether oxygens (including phenoxy) is 1. The van der Waals surface area contributed by atoms with E-state index in [9.17, 15) is 13.2 Å². The van der Waals surface area contributed by atoms with Gasteiger partial charge in [0.2, 0.25) is 10.0 Å². The van der Waals surface area contributed by atoms with Crippen molar-refractivity contribution >= 4 is 43.1 Å². The number of amides is 1. The van der Waals surface area contributed by atoms with Crippen molar-refractivity contribution in [2.75, 3.05) is 24.1 Å². The minimum atomic E-state index is -3.62. The number of pyridine rings is 1. The van der Waals surface area contributed by atoms with Crippen LogP contribution in [0.1, 0.15) is 10.4 Å². The first-order chi connectivity index (χ1) is 12.9. The Bertz CT molecular complexity index is 1080. The number of benzene rings is 1. The molecule has 2 heterocycles. The summed E-state index contributed by atoms with van der Waals surface area (Å²) in [6.45, 7) is -0.0350. The Morgan fingerprint density at radius 1 is 1.26 bits per heavy atom. The molecule has 0 aliphatic rings. The highest BCUT2D eigenvalue weighted by molar-refractivity contribution is 9.10. The van der Waals surface area contributed by atoms with Gasteiger partial charge < -0.3 is 10.1 Å². The van der Waals surface area contributed by atoms with Gasteiger partial charge in [0.05, 0.1) is 29.6 Å².